The molecule has 1 aromatic rings. The number of halogens is 2. The van der Waals surface area contributed by atoms with Crippen LogP contribution in [0.3, 0.4) is 0 Å². The fourth-order valence-electron chi connectivity index (χ4n) is 1.79. The van der Waals surface area contributed by atoms with Crippen molar-refractivity contribution in [2.75, 3.05) is 18.5 Å². The average Bonchev–Trinajstić information content (AvgIpc) is 2.57. The number of anilines is 1. The molecule has 0 saturated carbocycles. The quantitative estimate of drug-likeness (QED) is 0.600. The third-order valence-electron chi connectivity index (χ3n) is 2.95. The number of benzene rings is 1. The zero-order valence-corrected chi connectivity index (χ0v) is 14.6. The van der Waals surface area contributed by atoms with Gasteiger partial charge in [0.15, 0.2) is 0 Å². The van der Waals surface area contributed by atoms with E-state index in [0.29, 0.717) is 28.0 Å². The second-order valence-electron chi connectivity index (χ2n) is 4.99. The Morgan fingerprint density at radius 3 is 2.88 bits per heavy atom. The summed E-state index contributed by atoms with van der Waals surface area (Å²) in [5.74, 6) is -0.194. The summed E-state index contributed by atoms with van der Waals surface area (Å²) >= 11 is 11.7. The number of rotatable bonds is 6. The van der Waals surface area contributed by atoms with Crippen LogP contribution in [0.25, 0.3) is 0 Å². The second-order valence-corrected chi connectivity index (χ2v) is 5.80. The summed E-state index contributed by atoms with van der Waals surface area (Å²) in [4.78, 5) is 13.7. The van der Waals surface area contributed by atoms with E-state index in [-0.39, 0.29) is 12.5 Å². The average molecular weight is 366 g/mol. The molecule has 2 N–H and O–H groups in total. The van der Waals surface area contributed by atoms with Crippen molar-refractivity contribution < 1.29 is 4.79 Å². The van der Waals surface area contributed by atoms with Crippen molar-refractivity contribution in [1.29, 1.82) is 0 Å². The Balaban J connectivity index is 1.78. The van der Waals surface area contributed by atoms with Gasteiger partial charge in [0, 0.05) is 6.54 Å². The monoisotopic (exact) mass is 365 g/mol. The third-order valence-corrected chi connectivity index (χ3v) is 3.69. The van der Waals surface area contributed by atoms with E-state index in [0.717, 1.165) is 0 Å². The number of carbonyl (C=O) groups is 1. The summed E-state index contributed by atoms with van der Waals surface area (Å²) in [5, 5.41) is 8.90. The topological polar surface area (TPSA) is 69.1 Å². The highest BCUT2D eigenvalue weighted by molar-refractivity contribution is 6.42. The Labute approximate surface area is 150 Å². The van der Waals surface area contributed by atoms with Crippen LogP contribution in [0.2, 0.25) is 10.0 Å². The molecule has 0 atom stereocenters. The number of hydrazone groups is 2. The number of hydrogen-bond donors (Lipinski definition) is 2. The minimum atomic E-state index is -0.194. The fraction of sp³-hybridized carbons (Fsp3) is 0.188. The maximum atomic E-state index is 11.8. The van der Waals surface area contributed by atoms with Crippen LogP contribution in [-0.4, -0.2) is 35.8 Å². The minimum Gasteiger partial charge on any atom is -0.364 e. The minimum absolute atomic E-state index is 0.194. The van der Waals surface area contributed by atoms with Gasteiger partial charge in [0.25, 0.3) is 5.91 Å². The summed E-state index contributed by atoms with van der Waals surface area (Å²) < 4.78 is 0. The van der Waals surface area contributed by atoms with Crippen LogP contribution in [0.5, 0.6) is 0 Å². The molecule has 1 aliphatic heterocycles. The van der Waals surface area contributed by atoms with E-state index >= 15 is 0 Å². The number of carbonyl (C=O) groups excluding carboxylic acids is 1. The Morgan fingerprint density at radius 1 is 1.33 bits per heavy atom. The van der Waals surface area contributed by atoms with E-state index < -0.39 is 0 Å². The number of nitrogens with one attached hydrogen (secondary N) is 2. The lowest BCUT2D eigenvalue weighted by Crippen LogP contribution is -2.33. The van der Waals surface area contributed by atoms with Gasteiger partial charge in [-0.1, -0.05) is 35.4 Å². The van der Waals surface area contributed by atoms with E-state index in [2.05, 4.69) is 21.1 Å². The molecule has 24 heavy (non-hydrogen) atoms. The van der Waals surface area contributed by atoms with Crippen LogP contribution >= 0.6 is 23.2 Å². The lowest BCUT2D eigenvalue weighted by molar-refractivity contribution is -0.121. The van der Waals surface area contributed by atoms with E-state index in [1.165, 1.54) is 6.21 Å². The summed E-state index contributed by atoms with van der Waals surface area (Å²) in [6.07, 6.45) is 9.15. The predicted octanol–water partition coefficient (Wildman–Crippen LogP) is 3.27. The van der Waals surface area contributed by atoms with Crippen LogP contribution in [-0.2, 0) is 4.79 Å². The van der Waals surface area contributed by atoms with Gasteiger partial charge in [0.1, 0.15) is 0 Å². The van der Waals surface area contributed by atoms with Crippen molar-refractivity contribution in [2.24, 2.45) is 10.2 Å². The molecule has 1 heterocycles. The Bertz CT molecular complexity index is 712. The zero-order chi connectivity index (χ0) is 17.4. The standard InChI is InChI=1S/C16H17Cl2N5O/c1-12(10-19-21-13-5-6-14(17)15(18)9-13)20-22-16(24)11-23-7-3-2-4-8-23/h2-7,9-10,21H,8,11H2,1H3,(H,22,24). The van der Waals surface area contributed by atoms with Gasteiger partial charge in [-0.2, -0.15) is 10.2 Å². The van der Waals surface area contributed by atoms with Gasteiger partial charge in [-0.3, -0.25) is 10.2 Å². The van der Waals surface area contributed by atoms with Crippen LogP contribution in [0.4, 0.5) is 5.69 Å². The molecule has 0 fully saturated rings. The number of hydrogen-bond acceptors (Lipinski definition) is 5. The summed E-state index contributed by atoms with van der Waals surface area (Å²) in [5.41, 5.74) is 6.53. The van der Waals surface area contributed by atoms with E-state index in [1.807, 2.05) is 29.3 Å². The largest absolute Gasteiger partial charge is 0.364 e. The Hall–Kier alpha value is -2.31. The molecule has 1 aliphatic rings. The third kappa shape index (κ3) is 6.06. The van der Waals surface area contributed by atoms with Crippen molar-refractivity contribution in [3.8, 4) is 0 Å². The number of nitrogens with zero attached hydrogens (tertiary/aromatic N) is 3. The lowest BCUT2D eigenvalue weighted by atomic mass is 10.3. The molecule has 2 rings (SSSR count). The van der Waals surface area contributed by atoms with Crippen molar-refractivity contribution in [2.45, 2.75) is 6.92 Å². The predicted molar refractivity (Wildman–Crippen MR) is 99.7 cm³/mol. The van der Waals surface area contributed by atoms with Gasteiger partial charge in [-0.05, 0) is 37.4 Å². The first-order valence-corrected chi connectivity index (χ1v) is 7.95. The van der Waals surface area contributed by atoms with Gasteiger partial charge in [0.2, 0.25) is 0 Å². The normalized spacial score (nSPS) is 14.3. The number of amides is 1. The molecule has 0 aliphatic carbocycles. The van der Waals surface area contributed by atoms with Gasteiger partial charge in [0.05, 0.1) is 34.2 Å². The second kappa shape index (κ2) is 9.10. The maximum absolute atomic E-state index is 11.8. The van der Waals surface area contributed by atoms with Crippen molar-refractivity contribution in [1.82, 2.24) is 10.3 Å². The molecular formula is C16H17Cl2N5O. The maximum Gasteiger partial charge on any atom is 0.259 e. The Kier molecular flexibility index (Phi) is 6.84. The molecule has 0 unspecified atom stereocenters. The molecule has 0 radical (unpaired) electrons. The summed E-state index contributed by atoms with van der Waals surface area (Å²) in [6, 6.07) is 5.09. The first kappa shape index (κ1) is 18.0. The van der Waals surface area contributed by atoms with Crippen LogP contribution in [0.15, 0.2) is 52.8 Å². The Morgan fingerprint density at radius 2 is 2.17 bits per heavy atom. The van der Waals surface area contributed by atoms with Gasteiger partial charge in [-0.25, -0.2) is 5.43 Å². The first-order chi connectivity index (χ1) is 11.5. The summed E-state index contributed by atoms with van der Waals surface area (Å²) in [7, 11) is 0. The zero-order valence-electron chi connectivity index (χ0n) is 13.0. The summed E-state index contributed by atoms with van der Waals surface area (Å²) in [6.45, 7) is 2.68. The van der Waals surface area contributed by atoms with Crippen molar-refractivity contribution in [3.05, 3.63) is 52.7 Å². The van der Waals surface area contributed by atoms with Gasteiger partial charge < -0.3 is 4.90 Å². The molecule has 1 amide bonds. The molecule has 0 spiro atoms. The number of allylic oxidation sites excluding steroid dienone is 2. The van der Waals surface area contributed by atoms with Gasteiger partial charge >= 0.3 is 0 Å². The van der Waals surface area contributed by atoms with E-state index in [4.69, 9.17) is 23.2 Å². The first-order valence-electron chi connectivity index (χ1n) is 7.19. The lowest BCUT2D eigenvalue weighted by Gasteiger charge is -2.18. The van der Waals surface area contributed by atoms with Crippen LogP contribution in [0, 0.1) is 0 Å². The molecule has 0 aromatic heterocycles. The molecule has 8 heteroatoms. The SMILES string of the molecule is CC(C=NNc1ccc(Cl)c(Cl)c1)=NNC(=O)CN1C=CC=CC1. The molecule has 0 saturated heterocycles. The van der Waals surface area contributed by atoms with Crippen LogP contribution in [0.1, 0.15) is 6.92 Å². The van der Waals surface area contributed by atoms with Crippen LogP contribution < -0.4 is 10.9 Å². The fourth-order valence-corrected chi connectivity index (χ4v) is 2.09. The molecular weight excluding hydrogens is 349 g/mol. The highest BCUT2D eigenvalue weighted by Crippen LogP contribution is 2.24. The smallest absolute Gasteiger partial charge is 0.259 e. The van der Waals surface area contributed by atoms with Gasteiger partial charge in [-0.15, -0.1) is 0 Å². The van der Waals surface area contributed by atoms with E-state index in [1.54, 1.807) is 25.1 Å². The van der Waals surface area contributed by atoms with Crippen molar-refractivity contribution >= 4 is 46.7 Å². The van der Waals surface area contributed by atoms with Crippen molar-refractivity contribution in [3.63, 3.8) is 0 Å². The van der Waals surface area contributed by atoms with E-state index in [9.17, 15) is 4.79 Å². The molecule has 6 nitrogen and oxygen atoms in total. The molecule has 1 aromatic carbocycles. The highest BCUT2D eigenvalue weighted by atomic mass is 35.5. The highest BCUT2D eigenvalue weighted by Gasteiger charge is 2.06. The molecule has 126 valence electrons. The molecule has 0 bridgehead atoms.